The van der Waals surface area contributed by atoms with Gasteiger partial charge in [-0.05, 0) is 154 Å². The van der Waals surface area contributed by atoms with Crippen LogP contribution in [-0.4, -0.2) is 37.2 Å². The van der Waals surface area contributed by atoms with Gasteiger partial charge in [0.05, 0.1) is 0 Å². The third kappa shape index (κ3) is 65.5. The molecule has 0 N–H and O–H groups in total. The van der Waals surface area contributed by atoms with Gasteiger partial charge in [0.2, 0.25) is 0 Å². The molecule has 0 spiro atoms. The Morgan fingerprint density at radius 2 is 0.481 bits per heavy atom. The molecule has 6 heteroatoms. The summed E-state index contributed by atoms with van der Waals surface area (Å²) in [6.45, 7) is 6.34. The molecule has 0 aromatic carbocycles. The maximum absolute atomic E-state index is 12.9. The van der Waals surface area contributed by atoms with Gasteiger partial charge in [0.25, 0.3) is 0 Å². The number of hydrogen-bond donors (Lipinski definition) is 0. The minimum Gasteiger partial charge on any atom is -0.462 e. The number of allylic oxidation sites excluding steroid dienone is 28. The number of carbonyl (C=O) groups excluding carboxylic acids is 3. The Morgan fingerprint density at radius 3 is 0.790 bits per heavy atom. The summed E-state index contributed by atoms with van der Waals surface area (Å²) in [5.74, 6) is -0.986. The second-order valence-electron chi connectivity index (χ2n) is 20.9. The molecule has 81 heavy (non-hydrogen) atoms. The molecule has 0 fully saturated rings. The summed E-state index contributed by atoms with van der Waals surface area (Å²) in [6, 6.07) is 0. The topological polar surface area (TPSA) is 78.9 Å². The summed E-state index contributed by atoms with van der Waals surface area (Å²) in [4.78, 5) is 38.3. The van der Waals surface area contributed by atoms with E-state index in [0.29, 0.717) is 19.3 Å². The molecule has 0 aromatic rings. The standard InChI is InChI=1S/C75H118O6/c1-4-7-10-13-16-19-22-25-28-29-30-31-32-33-34-35-36-37-38-39-40-41-42-43-44-45-48-50-53-56-59-62-65-68-74(77)80-71-72(81-75(78)69-66-63-60-57-54-51-47-27-24-21-18-15-12-9-6-3)70-79-73(76)67-64-61-58-55-52-49-46-26-23-20-17-14-11-8-5-2/h7,9-10,12,16,18-19,21,25-28,30-31,33-34,36-37,39-40,42-43,45-48,54,57,72H,4-6,8,11,13-15,17,20,22-24,29,32,35,38,41,44,49-53,55-56,58-71H2,1-3H3/b10-7-,12-9-,19-16-,21-18-,28-25-,31-30-,34-33-,37-36-,40-39-,43-42-,46-26-,47-27-,48-45-,57-54-. The van der Waals surface area contributed by atoms with Crippen LogP contribution in [0.3, 0.4) is 0 Å². The third-order valence-electron chi connectivity index (χ3n) is 13.2. The van der Waals surface area contributed by atoms with Gasteiger partial charge < -0.3 is 14.2 Å². The molecule has 0 heterocycles. The van der Waals surface area contributed by atoms with Gasteiger partial charge >= 0.3 is 17.9 Å². The number of hydrogen-bond acceptors (Lipinski definition) is 6. The van der Waals surface area contributed by atoms with Crippen LogP contribution in [0.25, 0.3) is 0 Å². The molecule has 454 valence electrons. The summed E-state index contributed by atoms with van der Waals surface area (Å²) >= 11 is 0. The Labute approximate surface area is 498 Å². The van der Waals surface area contributed by atoms with Crippen molar-refractivity contribution >= 4 is 17.9 Å². The monoisotopic (exact) mass is 1110 g/mol. The largest absolute Gasteiger partial charge is 0.462 e. The second kappa shape index (κ2) is 67.3. The van der Waals surface area contributed by atoms with Gasteiger partial charge in [0.1, 0.15) is 13.2 Å². The summed E-state index contributed by atoms with van der Waals surface area (Å²) in [6.07, 6.45) is 99.4. The van der Waals surface area contributed by atoms with Gasteiger partial charge in [-0.3, -0.25) is 14.4 Å². The highest BCUT2D eigenvalue weighted by molar-refractivity contribution is 5.71. The third-order valence-corrected chi connectivity index (χ3v) is 13.2. The van der Waals surface area contributed by atoms with Crippen molar-refractivity contribution in [1.29, 1.82) is 0 Å². The summed E-state index contributed by atoms with van der Waals surface area (Å²) in [7, 11) is 0. The minimum atomic E-state index is -0.821. The number of rotatable bonds is 57. The molecule has 0 aliphatic rings. The van der Waals surface area contributed by atoms with E-state index in [9.17, 15) is 14.4 Å². The maximum Gasteiger partial charge on any atom is 0.306 e. The predicted octanol–water partition coefficient (Wildman–Crippen LogP) is 22.7. The summed E-state index contributed by atoms with van der Waals surface area (Å²) < 4.78 is 16.8. The van der Waals surface area contributed by atoms with Crippen LogP contribution in [0.2, 0.25) is 0 Å². The van der Waals surface area contributed by atoms with Crippen molar-refractivity contribution in [3.8, 4) is 0 Å². The van der Waals surface area contributed by atoms with Crippen molar-refractivity contribution in [3.63, 3.8) is 0 Å². The Morgan fingerprint density at radius 1 is 0.259 bits per heavy atom. The summed E-state index contributed by atoms with van der Waals surface area (Å²) in [5.41, 5.74) is 0. The highest BCUT2D eigenvalue weighted by Gasteiger charge is 2.19. The van der Waals surface area contributed by atoms with Crippen molar-refractivity contribution in [2.45, 2.75) is 271 Å². The van der Waals surface area contributed by atoms with E-state index in [1.54, 1.807) is 0 Å². The highest BCUT2D eigenvalue weighted by Crippen LogP contribution is 2.13. The molecule has 0 bridgehead atoms. The van der Waals surface area contributed by atoms with Crippen LogP contribution in [0.15, 0.2) is 170 Å². The van der Waals surface area contributed by atoms with Crippen LogP contribution >= 0.6 is 0 Å². The van der Waals surface area contributed by atoms with E-state index in [-0.39, 0.29) is 37.5 Å². The second-order valence-corrected chi connectivity index (χ2v) is 20.9. The van der Waals surface area contributed by atoms with E-state index in [1.165, 1.54) is 51.4 Å². The van der Waals surface area contributed by atoms with Gasteiger partial charge in [0, 0.05) is 19.3 Å². The van der Waals surface area contributed by atoms with Crippen LogP contribution in [0.4, 0.5) is 0 Å². The van der Waals surface area contributed by atoms with Gasteiger partial charge in [0.15, 0.2) is 6.10 Å². The van der Waals surface area contributed by atoms with Crippen LogP contribution < -0.4 is 0 Å². The Bertz CT molecular complexity index is 1860. The Hall–Kier alpha value is -5.23. The van der Waals surface area contributed by atoms with Crippen LogP contribution in [0.5, 0.6) is 0 Å². The summed E-state index contributed by atoms with van der Waals surface area (Å²) in [5, 5.41) is 0. The highest BCUT2D eigenvalue weighted by atomic mass is 16.6. The van der Waals surface area contributed by atoms with E-state index in [4.69, 9.17) is 14.2 Å². The first-order valence-corrected chi connectivity index (χ1v) is 32.6. The molecule has 0 aliphatic heterocycles. The first kappa shape index (κ1) is 75.8. The van der Waals surface area contributed by atoms with E-state index < -0.39 is 6.10 Å². The Balaban J connectivity index is 4.40. The van der Waals surface area contributed by atoms with Crippen molar-refractivity contribution in [1.82, 2.24) is 0 Å². The van der Waals surface area contributed by atoms with E-state index in [2.05, 4.69) is 191 Å². The SMILES string of the molecule is CC/C=C\C/C=C\C/C=C\C/C=C\C/C=C\C/C=C\C/C=C\C/C=C\C/C=C\CCCCCCCC(=O)OCC(COC(=O)CCCCCCC/C=C\CCCCCCCC)OC(=O)CCCC/C=C\C/C=C\C/C=C\C/C=C\CC. The fraction of sp³-hybridized carbons (Fsp3) is 0.587. The Kier molecular flexibility index (Phi) is 62.9. The maximum atomic E-state index is 12.9. The van der Waals surface area contributed by atoms with E-state index in [1.807, 2.05) is 0 Å². The molecule has 1 unspecified atom stereocenters. The minimum absolute atomic E-state index is 0.112. The average molecular weight is 1120 g/mol. The van der Waals surface area contributed by atoms with Gasteiger partial charge in [-0.1, -0.05) is 262 Å². The van der Waals surface area contributed by atoms with Crippen LogP contribution in [-0.2, 0) is 28.6 Å². The first-order valence-electron chi connectivity index (χ1n) is 32.6. The molecule has 0 amide bonds. The van der Waals surface area contributed by atoms with Crippen molar-refractivity contribution in [2.75, 3.05) is 13.2 Å². The number of esters is 3. The molecule has 6 nitrogen and oxygen atoms in total. The smallest absolute Gasteiger partial charge is 0.306 e. The average Bonchev–Trinajstić information content (AvgIpc) is 3.47. The molecular weight excluding hydrogens is 997 g/mol. The molecule has 0 aromatic heterocycles. The molecule has 0 saturated carbocycles. The molecule has 0 rings (SSSR count). The lowest BCUT2D eigenvalue weighted by Crippen LogP contribution is -2.30. The molecule has 1 atom stereocenters. The molecule has 0 radical (unpaired) electrons. The zero-order valence-corrected chi connectivity index (χ0v) is 52.0. The lowest BCUT2D eigenvalue weighted by atomic mass is 10.1. The normalized spacial score (nSPS) is 13.3. The fourth-order valence-electron chi connectivity index (χ4n) is 8.36. The van der Waals surface area contributed by atoms with Gasteiger partial charge in [-0.25, -0.2) is 0 Å². The molecular formula is C75H118O6. The first-order chi connectivity index (χ1) is 40.0. The number of ether oxygens (including phenoxy) is 3. The lowest BCUT2D eigenvalue weighted by Gasteiger charge is -2.18. The zero-order valence-electron chi connectivity index (χ0n) is 52.0. The van der Waals surface area contributed by atoms with E-state index >= 15 is 0 Å². The van der Waals surface area contributed by atoms with Crippen LogP contribution in [0.1, 0.15) is 265 Å². The van der Waals surface area contributed by atoms with Gasteiger partial charge in [-0.15, -0.1) is 0 Å². The molecule has 0 aliphatic carbocycles. The lowest BCUT2D eigenvalue weighted by molar-refractivity contribution is -0.167. The predicted molar refractivity (Wildman–Crippen MR) is 352 cm³/mol. The number of unbranched alkanes of at least 4 members (excludes halogenated alkanes) is 18. The van der Waals surface area contributed by atoms with Gasteiger partial charge in [-0.2, -0.15) is 0 Å². The number of carbonyl (C=O) groups is 3. The van der Waals surface area contributed by atoms with Crippen LogP contribution in [0, 0.1) is 0 Å². The van der Waals surface area contributed by atoms with Crippen molar-refractivity contribution < 1.29 is 28.6 Å². The van der Waals surface area contributed by atoms with Crippen molar-refractivity contribution in [2.24, 2.45) is 0 Å². The fourth-order valence-corrected chi connectivity index (χ4v) is 8.36. The molecule has 0 saturated heterocycles. The van der Waals surface area contributed by atoms with Crippen molar-refractivity contribution in [3.05, 3.63) is 170 Å². The van der Waals surface area contributed by atoms with E-state index in [0.717, 1.165) is 167 Å². The zero-order chi connectivity index (χ0) is 58.5. The quantitative estimate of drug-likeness (QED) is 0.0261.